The van der Waals surface area contributed by atoms with Crippen LogP contribution in [0.2, 0.25) is 0 Å². The number of piperidine rings is 1. The first-order valence-corrected chi connectivity index (χ1v) is 6.62. The lowest BCUT2D eigenvalue weighted by Crippen LogP contribution is -2.56. The monoisotopic (exact) mass is 314 g/mol. The summed E-state index contributed by atoms with van der Waals surface area (Å²) in [5, 5.41) is 9.78. The van der Waals surface area contributed by atoms with Crippen LogP contribution in [0.25, 0.3) is 0 Å². The van der Waals surface area contributed by atoms with E-state index >= 15 is 0 Å². The standard InChI is InChI=1S/C13H16F2N4O3/c1-22-12(21)13(5-8-2-3-9(16)19-18-8)4-7(10(14)15)6-17-11(13)20/h2-3,7,10H,4-6H2,1H3,(H2,16,19)(H,17,20). The average Bonchev–Trinajstić information content (AvgIpc) is 2.50. The molecule has 2 heterocycles. The highest BCUT2D eigenvalue weighted by molar-refractivity contribution is 6.03. The van der Waals surface area contributed by atoms with Crippen molar-refractivity contribution in [1.29, 1.82) is 0 Å². The SMILES string of the molecule is COC(=O)C1(Cc2ccc(N)nn2)CC(C(F)F)CNC1=O. The van der Waals surface area contributed by atoms with Gasteiger partial charge in [0, 0.05) is 18.9 Å². The molecule has 120 valence electrons. The second kappa shape index (κ2) is 6.20. The minimum absolute atomic E-state index is 0.175. The quantitative estimate of drug-likeness (QED) is 0.605. The third-order valence-corrected chi connectivity index (χ3v) is 3.73. The second-order valence-corrected chi connectivity index (χ2v) is 5.21. The van der Waals surface area contributed by atoms with Crippen LogP contribution in [-0.2, 0) is 20.7 Å². The maximum atomic E-state index is 13.0. The molecule has 1 amide bonds. The van der Waals surface area contributed by atoms with E-state index in [1.807, 2.05) is 0 Å². The summed E-state index contributed by atoms with van der Waals surface area (Å²) in [5.41, 5.74) is 3.98. The summed E-state index contributed by atoms with van der Waals surface area (Å²) >= 11 is 0. The van der Waals surface area contributed by atoms with Crippen molar-refractivity contribution in [3.63, 3.8) is 0 Å². The van der Waals surface area contributed by atoms with E-state index in [4.69, 9.17) is 5.73 Å². The third-order valence-electron chi connectivity index (χ3n) is 3.73. The number of amides is 1. The molecule has 3 N–H and O–H groups in total. The molecule has 9 heteroatoms. The Bertz CT molecular complexity index is 557. The van der Waals surface area contributed by atoms with Crippen molar-refractivity contribution >= 4 is 17.7 Å². The van der Waals surface area contributed by atoms with Gasteiger partial charge in [-0.3, -0.25) is 9.59 Å². The van der Waals surface area contributed by atoms with Crippen LogP contribution in [0.3, 0.4) is 0 Å². The van der Waals surface area contributed by atoms with E-state index < -0.39 is 29.6 Å². The molecule has 0 spiro atoms. The van der Waals surface area contributed by atoms with Gasteiger partial charge in [-0.15, -0.1) is 5.10 Å². The Labute approximate surface area is 125 Å². The molecular formula is C13H16F2N4O3. The molecule has 0 bridgehead atoms. The number of alkyl halides is 2. The Morgan fingerprint density at radius 2 is 2.27 bits per heavy atom. The number of nitrogens with zero attached hydrogens (tertiary/aromatic N) is 2. The van der Waals surface area contributed by atoms with E-state index in [-0.39, 0.29) is 25.2 Å². The topological polar surface area (TPSA) is 107 Å². The number of carbonyl (C=O) groups is 2. The molecule has 0 radical (unpaired) electrons. The van der Waals surface area contributed by atoms with Gasteiger partial charge in [0.05, 0.1) is 12.8 Å². The first kappa shape index (κ1) is 16.1. The molecule has 1 aliphatic rings. The number of nitrogen functional groups attached to an aromatic ring is 1. The molecule has 2 rings (SSSR count). The van der Waals surface area contributed by atoms with Crippen LogP contribution in [0.15, 0.2) is 12.1 Å². The highest BCUT2D eigenvalue weighted by Gasteiger charge is 2.52. The first-order chi connectivity index (χ1) is 10.4. The van der Waals surface area contributed by atoms with E-state index in [1.54, 1.807) is 0 Å². The maximum absolute atomic E-state index is 13.0. The van der Waals surface area contributed by atoms with Crippen molar-refractivity contribution in [2.75, 3.05) is 19.4 Å². The molecule has 2 atom stereocenters. The highest BCUT2D eigenvalue weighted by atomic mass is 19.3. The lowest BCUT2D eigenvalue weighted by Gasteiger charge is -2.37. The zero-order chi connectivity index (χ0) is 16.3. The molecule has 1 aromatic rings. The van der Waals surface area contributed by atoms with Gasteiger partial charge >= 0.3 is 5.97 Å². The first-order valence-electron chi connectivity index (χ1n) is 6.62. The predicted octanol–water partition coefficient (Wildman–Crippen LogP) is 0.162. The third kappa shape index (κ3) is 2.97. The van der Waals surface area contributed by atoms with Gasteiger partial charge in [-0.25, -0.2) is 8.78 Å². The van der Waals surface area contributed by atoms with E-state index in [1.165, 1.54) is 12.1 Å². The molecule has 7 nitrogen and oxygen atoms in total. The van der Waals surface area contributed by atoms with Crippen molar-refractivity contribution in [1.82, 2.24) is 15.5 Å². The van der Waals surface area contributed by atoms with Gasteiger partial charge in [0.25, 0.3) is 0 Å². The van der Waals surface area contributed by atoms with E-state index in [9.17, 15) is 18.4 Å². The number of ether oxygens (including phenoxy) is 1. The molecule has 2 unspecified atom stereocenters. The average molecular weight is 314 g/mol. The van der Waals surface area contributed by atoms with Gasteiger partial charge in [0.1, 0.15) is 5.82 Å². The van der Waals surface area contributed by atoms with Crippen LogP contribution in [0.4, 0.5) is 14.6 Å². The van der Waals surface area contributed by atoms with Gasteiger partial charge < -0.3 is 15.8 Å². The molecule has 1 fully saturated rings. The van der Waals surface area contributed by atoms with Crippen LogP contribution >= 0.6 is 0 Å². The van der Waals surface area contributed by atoms with Gasteiger partial charge in [0.2, 0.25) is 12.3 Å². The summed E-state index contributed by atoms with van der Waals surface area (Å²) in [7, 11) is 1.11. The molecule has 0 saturated carbocycles. The Morgan fingerprint density at radius 3 is 2.82 bits per heavy atom. The smallest absolute Gasteiger partial charge is 0.321 e. The van der Waals surface area contributed by atoms with Crippen LogP contribution in [0, 0.1) is 11.3 Å². The zero-order valence-electron chi connectivity index (χ0n) is 11.9. The summed E-state index contributed by atoms with van der Waals surface area (Å²) in [6.45, 7) is -0.178. The molecule has 22 heavy (non-hydrogen) atoms. The van der Waals surface area contributed by atoms with Gasteiger partial charge in [0.15, 0.2) is 5.41 Å². The predicted molar refractivity (Wildman–Crippen MR) is 71.7 cm³/mol. The summed E-state index contributed by atoms with van der Waals surface area (Å²) in [5.74, 6) is -2.46. The summed E-state index contributed by atoms with van der Waals surface area (Å²) < 4.78 is 30.7. The number of methoxy groups -OCH3 is 1. The van der Waals surface area contributed by atoms with Gasteiger partial charge in [-0.1, -0.05) is 0 Å². The lowest BCUT2D eigenvalue weighted by atomic mass is 9.72. The Morgan fingerprint density at radius 1 is 1.55 bits per heavy atom. The lowest BCUT2D eigenvalue weighted by molar-refractivity contribution is -0.164. The van der Waals surface area contributed by atoms with Crippen LogP contribution in [-0.4, -0.2) is 42.2 Å². The van der Waals surface area contributed by atoms with Crippen molar-refractivity contribution in [3.05, 3.63) is 17.8 Å². The largest absolute Gasteiger partial charge is 0.468 e. The van der Waals surface area contributed by atoms with E-state index in [0.29, 0.717) is 5.69 Å². The number of nitrogens with two attached hydrogens (primary N) is 1. The van der Waals surface area contributed by atoms with Crippen molar-refractivity contribution in [2.24, 2.45) is 11.3 Å². The molecule has 1 aliphatic heterocycles. The number of nitrogens with one attached hydrogen (secondary N) is 1. The summed E-state index contributed by atoms with van der Waals surface area (Å²) in [4.78, 5) is 24.4. The normalized spacial score (nSPS) is 24.9. The molecule has 0 aliphatic carbocycles. The summed E-state index contributed by atoms with van der Waals surface area (Å²) in [6, 6.07) is 2.95. The number of hydrogen-bond acceptors (Lipinski definition) is 6. The number of esters is 1. The highest BCUT2D eigenvalue weighted by Crippen LogP contribution is 2.37. The minimum atomic E-state index is -2.65. The fourth-order valence-corrected chi connectivity index (χ4v) is 2.55. The number of hydrogen-bond donors (Lipinski definition) is 2. The molecule has 1 saturated heterocycles. The summed E-state index contributed by atoms with van der Waals surface area (Å²) in [6.07, 6.45) is -3.14. The second-order valence-electron chi connectivity index (χ2n) is 5.21. The van der Waals surface area contributed by atoms with Crippen molar-refractivity contribution in [3.8, 4) is 0 Å². The van der Waals surface area contributed by atoms with Crippen LogP contribution < -0.4 is 11.1 Å². The van der Waals surface area contributed by atoms with Crippen LogP contribution in [0.1, 0.15) is 12.1 Å². The Kier molecular flexibility index (Phi) is 4.53. The fourth-order valence-electron chi connectivity index (χ4n) is 2.55. The van der Waals surface area contributed by atoms with E-state index in [2.05, 4.69) is 20.3 Å². The van der Waals surface area contributed by atoms with Gasteiger partial charge in [-0.05, 0) is 18.6 Å². The van der Waals surface area contributed by atoms with Gasteiger partial charge in [-0.2, -0.15) is 5.10 Å². The number of halogens is 2. The number of carbonyl (C=O) groups excluding carboxylic acids is 2. The molecule has 1 aromatic heterocycles. The van der Waals surface area contributed by atoms with E-state index in [0.717, 1.165) is 7.11 Å². The zero-order valence-corrected chi connectivity index (χ0v) is 11.9. The minimum Gasteiger partial charge on any atom is -0.468 e. The Balaban J connectivity index is 2.35. The number of rotatable bonds is 4. The maximum Gasteiger partial charge on any atom is 0.321 e. The van der Waals surface area contributed by atoms with Crippen molar-refractivity contribution < 1.29 is 23.1 Å². The fraction of sp³-hybridized carbons (Fsp3) is 0.538. The molecular weight excluding hydrogens is 298 g/mol. The number of anilines is 1. The van der Waals surface area contributed by atoms with Crippen LogP contribution in [0.5, 0.6) is 0 Å². The van der Waals surface area contributed by atoms with Crippen molar-refractivity contribution in [2.45, 2.75) is 19.3 Å². The Hall–Kier alpha value is -2.32. The number of aromatic nitrogens is 2. The molecule has 0 aromatic carbocycles.